The third-order valence-corrected chi connectivity index (χ3v) is 7.47. The van der Waals surface area contributed by atoms with Crippen LogP contribution in [0.2, 0.25) is 0 Å². The fourth-order valence-electron chi connectivity index (χ4n) is 3.14. The van der Waals surface area contributed by atoms with E-state index in [4.69, 9.17) is 0 Å². The fourth-order valence-corrected chi connectivity index (χ4v) is 4.61. The molecule has 1 fully saturated rings. The first-order valence-electron chi connectivity index (χ1n) is 9.84. The highest BCUT2D eigenvalue weighted by Gasteiger charge is 2.32. The summed E-state index contributed by atoms with van der Waals surface area (Å²) in [6.45, 7) is 13.2. The van der Waals surface area contributed by atoms with Gasteiger partial charge >= 0.3 is 0 Å². The van der Waals surface area contributed by atoms with Crippen molar-refractivity contribution in [2.24, 2.45) is 11.8 Å². The van der Waals surface area contributed by atoms with Gasteiger partial charge < -0.3 is 5.32 Å². The molecule has 0 saturated carbocycles. The van der Waals surface area contributed by atoms with E-state index in [0.717, 1.165) is 5.56 Å². The molecule has 1 atom stereocenters. The van der Waals surface area contributed by atoms with Crippen molar-refractivity contribution in [1.82, 2.24) is 9.62 Å². The van der Waals surface area contributed by atoms with Crippen LogP contribution in [0.4, 0.5) is 0 Å². The van der Waals surface area contributed by atoms with Gasteiger partial charge in [-0.15, -0.1) is 0 Å². The van der Waals surface area contributed by atoms with Gasteiger partial charge in [0.2, 0.25) is 15.9 Å². The predicted molar refractivity (Wildman–Crippen MR) is 109 cm³/mol. The van der Waals surface area contributed by atoms with Crippen molar-refractivity contribution in [2.75, 3.05) is 13.1 Å². The number of nitrogens with one attached hydrogen (secondary N) is 1. The van der Waals surface area contributed by atoms with Crippen molar-refractivity contribution in [3.63, 3.8) is 0 Å². The molecule has 0 aromatic heterocycles. The minimum absolute atomic E-state index is 0.0128. The van der Waals surface area contributed by atoms with Crippen LogP contribution in [0.3, 0.4) is 0 Å². The van der Waals surface area contributed by atoms with Crippen molar-refractivity contribution in [3.05, 3.63) is 29.8 Å². The summed E-state index contributed by atoms with van der Waals surface area (Å²) >= 11 is 0. The summed E-state index contributed by atoms with van der Waals surface area (Å²) in [5, 5.41) is 3.05. The second-order valence-corrected chi connectivity index (χ2v) is 10.9. The topological polar surface area (TPSA) is 66.5 Å². The maximum atomic E-state index is 12.9. The molecule has 27 heavy (non-hydrogen) atoms. The Morgan fingerprint density at radius 2 is 1.59 bits per heavy atom. The minimum atomic E-state index is -3.51. The van der Waals surface area contributed by atoms with E-state index in [-0.39, 0.29) is 23.3 Å². The van der Waals surface area contributed by atoms with Crippen molar-refractivity contribution >= 4 is 15.9 Å². The number of carbonyl (C=O) groups excluding carboxylic acids is 1. The zero-order valence-electron chi connectivity index (χ0n) is 17.5. The summed E-state index contributed by atoms with van der Waals surface area (Å²) in [5.74, 6) is 0.314. The van der Waals surface area contributed by atoms with E-state index in [1.165, 1.54) is 4.31 Å². The molecular weight excluding hydrogens is 360 g/mol. The smallest absolute Gasteiger partial charge is 0.243 e. The van der Waals surface area contributed by atoms with Gasteiger partial charge in [-0.1, -0.05) is 46.8 Å². The monoisotopic (exact) mass is 394 g/mol. The lowest BCUT2D eigenvalue weighted by Gasteiger charge is -2.31. The number of sulfonamides is 1. The summed E-state index contributed by atoms with van der Waals surface area (Å²) in [7, 11) is -3.51. The molecule has 1 heterocycles. The van der Waals surface area contributed by atoms with Crippen molar-refractivity contribution < 1.29 is 13.2 Å². The highest BCUT2D eigenvalue weighted by atomic mass is 32.2. The average molecular weight is 395 g/mol. The molecule has 2 rings (SSSR count). The van der Waals surface area contributed by atoms with Gasteiger partial charge in [-0.25, -0.2) is 8.42 Å². The van der Waals surface area contributed by atoms with Gasteiger partial charge in [0.05, 0.1) is 4.90 Å². The molecular formula is C21H34N2O3S. The van der Waals surface area contributed by atoms with Crippen LogP contribution in [0, 0.1) is 11.8 Å². The molecule has 1 unspecified atom stereocenters. The number of rotatable bonds is 5. The van der Waals surface area contributed by atoms with Crippen molar-refractivity contribution in [2.45, 2.75) is 70.7 Å². The minimum Gasteiger partial charge on any atom is -0.353 e. The molecule has 1 N–H and O–H groups in total. The van der Waals surface area contributed by atoms with E-state index in [9.17, 15) is 13.2 Å². The zero-order valence-corrected chi connectivity index (χ0v) is 18.3. The summed E-state index contributed by atoms with van der Waals surface area (Å²) in [6.07, 6.45) is 1.13. The van der Waals surface area contributed by atoms with Crippen molar-refractivity contribution in [3.8, 4) is 0 Å². The first kappa shape index (κ1) is 21.9. The van der Waals surface area contributed by atoms with Crippen LogP contribution >= 0.6 is 0 Å². The Kier molecular flexibility index (Phi) is 6.74. The van der Waals surface area contributed by atoms with Crippen LogP contribution < -0.4 is 5.32 Å². The lowest BCUT2D eigenvalue weighted by Crippen LogP contribution is -2.45. The van der Waals surface area contributed by atoms with Gasteiger partial charge in [0, 0.05) is 25.0 Å². The van der Waals surface area contributed by atoms with Gasteiger partial charge in [0.15, 0.2) is 0 Å². The summed E-state index contributed by atoms with van der Waals surface area (Å²) in [6, 6.07) is 7.29. The Morgan fingerprint density at radius 1 is 1.07 bits per heavy atom. The highest BCUT2D eigenvalue weighted by molar-refractivity contribution is 7.89. The van der Waals surface area contributed by atoms with Gasteiger partial charge in [-0.3, -0.25) is 4.79 Å². The number of carbonyl (C=O) groups is 1. The van der Waals surface area contributed by atoms with Crippen LogP contribution in [-0.4, -0.2) is 37.8 Å². The van der Waals surface area contributed by atoms with E-state index >= 15 is 0 Å². The summed E-state index contributed by atoms with van der Waals surface area (Å²) < 4.78 is 27.3. The Balaban J connectivity index is 2.01. The lowest BCUT2D eigenvalue weighted by atomic mass is 9.87. The number of benzene rings is 1. The standard InChI is InChI=1S/C21H34N2O3S/c1-15(2)16(3)22-20(24)17-11-13-23(14-12-17)27(25,26)19-9-7-18(8-10-19)21(4,5)6/h7-10,15-17H,11-14H2,1-6H3,(H,22,24). The van der Waals surface area contributed by atoms with Gasteiger partial charge in [0.1, 0.15) is 0 Å². The Morgan fingerprint density at radius 3 is 2.04 bits per heavy atom. The van der Waals surface area contributed by atoms with Crippen LogP contribution in [0.1, 0.15) is 59.9 Å². The number of hydrogen-bond donors (Lipinski definition) is 1. The van der Waals surface area contributed by atoms with E-state index in [2.05, 4.69) is 39.9 Å². The fraction of sp³-hybridized carbons (Fsp3) is 0.667. The number of nitrogens with zero attached hydrogens (tertiary/aromatic N) is 1. The van der Waals surface area contributed by atoms with Crippen LogP contribution in [0.15, 0.2) is 29.2 Å². The quantitative estimate of drug-likeness (QED) is 0.830. The summed E-state index contributed by atoms with van der Waals surface area (Å²) in [4.78, 5) is 12.7. The Hall–Kier alpha value is -1.40. The maximum Gasteiger partial charge on any atom is 0.243 e. The lowest BCUT2D eigenvalue weighted by molar-refractivity contribution is -0.127. The third kappa shape index (κ3) is 5.32. The van der Waals surface area contributed by atoms with Crippen LogP contribution in [0.25, 0.3) is 0 Å². The molecule has 1 amide bonds. The maximum absolute atomic E-state index is 12.9. The first-order valence-corrected chi connectivity index (χ1v) is 11.3. The molecule has 1 saturated heterocycles. The van der Waals surface area contributed by atoms with Gasteiger partial charge in [-0.05, 0) is 48.8 Å². The second-order valence-electron chi connectivity index (χ2n) is 8.99. The Labute approximate surface area is 164 Å². The van der Waals surface area contributed by atoms with Crippen LogP contribution in [-0.2, 0) is 20.2 Å². The largest absolute Gasteiger partial charge is 0.353 e. The average Bonchev–Trinajstić information content (AvgIpc) is 2.61. The molecule has 1 aromatic carbocycles. The first-order chi connectivity index (χ1) is 12.4. The Bertz CT molecular complexity index is 741. The van der Waals surface area contributed by atoms with E-state index in [1.807, 2.05) is 19.1 Å². The highest BCUT2D eigenvalue weighted by Crippen LogP contribution is 2.27. The van der Waals surface area contributed by atoms with Crippen LogP contribution in [0.5, 0.6) is 0 Å². The summed E-state index contributed by atoms with van der Waals surface area (Å²) in [5.41, 5.74) is 1.09. The number of hydrogen-bond acceptors (Lipinski definition) is 3. The van der Waals surface area contributed by atoms with Gasteiger partial charge in [-0.2, -0.15) is 4.31 Å². The number of amides is 1. The van der Waals surface area contributed by atoms with E-state index < -0.39 is 10.0 Å². The predicted octanol–water partition coefficient (Wildman–Crippen LogP) is 3.55. The van der Waals surface area contributed by atoms with Crippen molar-refractivity contribution in [1.29, 1.82) is 0 Å². The van der Waals surface area contributed by atoms with E-state index in [1.54, 1.807) is 12.1 Å². The third-order valence-electron chi connectivity index (χ3n) is 5.55. The molecule has 0 bridgehead atoms. The SMILES string of the molecule is CC(C)C(C)NC(=O)C1CCN(S(=O)(=O)c2ccc(C(C)(C)C)cc2)CC1. The molecule has 6 heteroatoms. The molecule has 1 aliphatic heterocycles. The second kappa shape index (κ2) is 8.31. The zero-order chi connectivity index (χ0) is 20.4. The van der Waals surface area contributed by atoms with Gasteiger partial charge in [0.25, 0.3) is 0 Å². The van der Waals surface area contributed by atoms with E-state index in [0.29, 0.717) is 36.7 Å². The normalized spacial score (nSPS) is 18.5. The molecule has 0 aliphatic carbocycles. The molecule has 1 aliphatic rings. The molecule has 0 radical (unpaired) electrons. The molecule has 5 nitrogen and oxygen atoms in total. The number of piperidine rings is 1. The molecule has 152 valence electrons. The molecule has 0 spiro atoms. The molecule has 1 aromatic rings.